The molecule has 0 saturated carbocycles. The van der Waals surface area contributed by atoms with Crippen LogP contribution in [0.15, 0.2) is 18.2 Å². The van der Waals surface area contributed by atoms with Crippen molar-refractivity contribution in [2.24, 2.45) is 0 Å². The van der Waals surface area contributed by atoms with E-state index < -0.39 is 0 Å². The second-order valence-corrected chi connectivity index (χ2v) is 4.69. The molecular weight excluding hydrogens is 236 g/mol. The predicted molar refractivity (Wildman–Crippen MR) is 67.8 cm³/mol. The number of hydrogen-bond donors (Lipinski definition) is 1. The van der Waals surface area contributed by atoms with Crippen molar-refractivity contribution in [2.75, 3.05) is 5.73 Å². The second-order valence-electron chi connectivity index (χ2n) is 4.28. The Morgan fingerprint density at radius 1 is 1.24 bits per heavy atom. The van der Waals surface area contributed by atoms with Crippen LogP contribution in [0.3, 0.4) is 0 Å². The third kappa shape index (κ3) is 1.78. The van der Waals surface area contributed by atoms with Crippen LogP contribution in [0.25, 0.3) is 11.4 Å². The Labute approximate surface area is 104 Å². The first kappa shape index (κ1) is 10.6. The number of aromatic nitrogens is 3. The molecule has 0 unspecified atom stereocenters. The molecule has 1 aliphatic heterocycles. The Morgan fingerprint density at radius 3 is 2.94 bits per heavy atom. The maximum Gasteiger partial charge on any atom is 0.164 e. The van der Waals surface area contributed by atoms with Crippen molar-refractivity contribution in [3.05, 3.63) is 29.0 Å². The number of rotatable bonds is 1. The molecule has 5 heteroatoms. The molecule has 3 rings (SSSR count). The predicted octanol–water partition coefficient (Wildman–Crippen LogP) is 2.52. The number of nitrogen functional groups attached to an aromatic ring is 1. The van der Waals surface area contributed by atoms with Crippen molar-refractivity contribution in [3.63, 3.8) is 0 Å². The van der Waals surface area contributed by atoms with Crippen LogP contribution in [0, 0.1) is 0 Å². The smallest absolute Gasteiger partial charge is 0.164 e. The summed E-state index contributed by atoms with van der Waals surface area (Å²) in [5, 5.41) is 9.05. The van der Waals surface area contributed by atoms with E-state index >= 15 is 0 Å². The van der Waals surface area contributed by atoms with Gasteiger partial charge in [0, 0.05) is 18.5 Å². The number of benzene rings is 1. The molecular formula is C12H13ClN4. The number of halogens is 1. The first-order valence-corrected chi connectivity index (χ1v) is 6.11. The Balaban J connectivity index is 2.09. The molecule has 4 nitrogen and oxygen atoms in total. The summed E-state index contributed by atoms with van der Waals surface area (Å²) in [6, 6.07) is 5.59. The first-order valence-electron chi connectivity index (χ1n) is 5.73. The van der Waals surface area contributed by atoms with Gasteiger partial charge >= 0.3 is 0 Å². The van der Waals surface area contributed by atoms with Crippen LogP contribution in [-0.2, 0) is 13.0 Å². The molecule has 2 heterocycles. The summed E-state index contributed by atoms with van der Waals surface area (Å²) in [4.78, 5) is 0. The molecule has 0 amide bonds. The zero-order valence-corrected chi connectivity index (χ0v) is 10.1. The van der Waals surface area contributed by atoms with E-state index in [9.17, 15) is 0 Å². The van der Waals surface area contributed by atoms with Crippen LogP contribution >= 0.6 is 11.6 Å². The lowest BCUT2D eigenvalue weighted by Crippen LogP contribution is -2.11. The first-order chi connectivity index (χ1) is 8.25. The molecule has 0 spiro atoms. The highest BCUT2D eigenvalue weighted by molar-refractivity contribution is 6.33. The molecule has 0 atom stereocenters. The zero-order valence-electron chi connectivity index (χ0n) is 9.36. The van der Waals surface area contributed by atoms with Gasteiger partial charge in [0.25, 0.3) is 0 Å². The molecule has 0 saturated heterocycles. The third-order valence-corrected chi connectivity index (χ3v) is 3.46. The van der Waals surface area contributed by atoms with Gasteiger partial charge in [-0.3, -0.25) is 0 Å². The minimum absolute atomic E-state index is 0.576. The molecule has 0 radical (unpaired) electrons. The molecule has 1 aromatic heterocycles. The lowest BCUT2D eigenvalue weighted by molar-refractivity contribution is 0.526. The summed E-state index contributed by atoms with van der Waals surface area (Å²) in [6.45, 7) is 0.986. The maximum absolute atomic E-state index is 5.92. The summed E-state index contributed by atoms with van der Waals surface area (Å²) >= 11 is 5.92. The fourth-order valence-electron chi connectivity index (χ4n) is 2.20. The Morgan fingerprint density at radius 2 is 2.12 bits per heavy atom. The monoisotopic (exact) mass is 248 g/mol. The van der Waals surface area contributed by atoms with Gasteiger partial charge in [0.2, 0.25) is 0 Å². The largest absolute Gasteiger partial charge is 0.398 e. The fourth-order valence-corrected chi connectivity index (χ4v) is 2.32. The van der Waals surface area contributed by atoms with Gasteiger partial charge in [-0.25, -0.2) is 0 Å². The van der Waals surface area contributed by atoms with Gasteiger partial charge < -0.3 is 10.3 Å². The SMILES string of the molecule is Nc1cc(-c2nnc3n2CCCC3)ccc1Cl. The van der Waals surface area contributed by atoms with E-state index in [1.807, 2.05) is 12.1 Å². The summed E-state index contributed by atoms with van der Waals surface area (Å²) < 4.78 is 2.17. The summed E-state index contributed by atoms with van der Waals surface area (Å²) in [7, 11) is 0. The number of nitrogens with two attached hydrogens (primary N) is 1. The van der Waals surface area contributed by atoms with Gasteiger partial charge in [-0.1, -0.05) is 11.6 Å². The highest BCUT2D eigenvalue weighted by Crippen LogP contribution is 2.27. The van der Waals surface area contributed by atoms with E-state index in [1.165, 1.54) is 12.8 Å². The molecule has 17 heavy (non-hydrogen) atoms. The van der Waals surface area contributed by atoms with E-state index in [1.54, 1.807) is 6.07 Å². The van der Waals surface area contributed by atoms with Crippen LogP contribution < -0.4 is 5.73 Å². The minimum Gasteiger partial charge on any atom is -0.398 e. The van der Waals surface area contributed by atoms with Crippen molar-refractivity contribution in [1.82, 2.24) is 14.8 Å². The average Bonchev–Trinajstić information content (AvgIpc) is 2.76. The highest BCUT2D eigenvalue weighted by atomic mass is 35.5. The molecule has 88 valence electrons. The van der Waals surface area contributed by atoms with Gasteiger partial charge in [0.05, 0.1) is 10.7 Å². The maximum atomic E-state index is 5.92. The molecule has 0 fully saturated rings. The topological polar surface area (TPSA) is 56.7 Å². The van der Waals surface area contributed by atoms with Crippen LogP contribution in [-0.4, -0.2) is 14.8 Å². The molecule has 1 aliphatic rings. The van der Waals surface area contributed by atoms with Crippen molar-refractivity contribution in [2.45, 2.75) is 25.8 Å². The van der Waals surface area contributed by atoms with Crippen molar-refractivity contribution >= 4 is 17.3 Å². The standard InChI is InChI=1S/C12H13ClN4/c13-9-5-4-8(7-10(9)14)12-16-15-11-3-1-2-6-17(11)12/h4-5,7H,1-3,6,14H2. The normalized spacial score (nSPS) is 14.6. The van der Waals surface area contributed by atoms with Crippen molar-refractivity contribution in [1.29, 1.82) is 0 Å². The van der Waals surface area contributed by atoms with Gasteiger partial charge in [-0.15, -0.1) is 10.2 Å². The number of hydrogen-bond acceptors (Lipinski definition) is 3. The quantitative estimate of drug-likeness (QED) is 0.789. The van der Waals surface area contributed by atoms with Gasteiger partial charge in [0.15, 0.2) is 5.82 Å². The lowest BCUT2D eigenvalue weighted by atomic mass is 10.1. The van der Waals surface area contributed by atoms with Crippen molar-refractivity contribution in [3.8, 4) is 11.4 Å². The number of aryl methyl sites for hydroxylation is 1. The lowest BCUT2D eigenvalue weighted by Gasteiger charge is -2.14. The Bertz CT molecular complexity index is 562. The van der Waals surface area contributed by atoms with E-state index in [2.05, 4.69) is 14.8 Å². The van der Waals surface area contributed by atoms with Crippen LogP contribution in [0.5, 0.6) is 0 Å². The molecule has 0 bridgehead atoms. The number of fused-ring (bicyclic) bond motifs is 1. The van der Waals surface area contributed by atoms with E-state index in [4.69, 9.17) is 17.3 Å². The highest BCUT2D eigenvalue weighted by Gasteiger charge is 2.17. The number of nitrogens with zero attached hydrogens (tertiary/aromatic N) is 3. The summed E-state index contributed by atoms with van der Waals surface area (Å²) in [6.07, 6.45) is 3.39. The molecule has 1 aromatic carbocycles. The van der Waals surface area contributed by atoms with Crippen LogP contribution in [0.1, 0.15) is 18.7 Å². The summed E-state index contributed by atoms with van der Waals surface area (Å²) in [5.74, 6) is 1.96. The molecule has 2 N–H and O–H groups in total. The summed E-state index contributed by atoms with van der Waals surface area (Å²) in [5.41, 5.74) is 7.37. The second kappa shape index (κ2) is 4.04. The minimum atomic E-state index is 0.576. The van der Waals surface area contributed by atoms with E-state index in [-0.39, 0.29) is 0 Å². The Kier molecular flexibility index (Phi) is 2.52. The van der Waals surface area contributed by atoms with Gasteiger partial charge in [0.1, 0.15) is 5.82 Å². The van der Waals surface area contributed by atoms with E-state index in [0.29, 0.717) is 10.7 Å². The van der Waals surface area contributed by atoms with Gasteiger partial charge in [-0.05, 0) is 31.0 Å². The van der Waals surface area contributed by atoms with Crippen LogP contribution in [0.2, 0.25) is 5.02 Å². The molecule has 2 aromatic rings. The van der Waals surface area contributed by atoms with Crippen LogP contribution in [0.4, 0.5) is 5.69 Å². The average molecular weight is 249 g/mol. The van der Waals surface area contributed by atoms with Gasteiger partial charge in [-0.2, -0.15) is 0 Å². The Hall–Kier alpha value is -1.55. The van der Waals surface area contributed by atoms with E-state index in [0.717, 1.165) is 30.2 Å². The zero-order chi connectivity index (χ0) is 11.8. The molecule has 0 aliphatic carbocycles. The fraction of sp³-hybridized carbons (Fsp3) is 0.333. The number of anilines is 1. The van der Waals surface area contributed by atoms with Crippen molar-refractivity contribution < 1.29 is 0 Å². The third-order valence-electron chi connectivity index (χ3n) is 3.11.